The van der Waals surface area contributed by atoms with Crippen LogP contribution in [-0.4, -0.2) is 6.61 Å². The molecule has 16 heavy (non-hydrogen) atoms. The molecule has 2 aromatic rings. The summed E-state index contributed by atoms with van der Waals surface area (Å²) in [5.74, 6) is 0.723. The van der Waals surface area contributed by atoms with Crippen molar-refractivity contribution in [3.63, 3.8) is 0 Å². The molecule has 4 heteroatoms. The van der Waals surface area contributed by atoms with E-state index in [1.54, 1.807) is 24.3 Å². The molecule has 0 radical (unpaired) electrons. The number of ether oxygens (including phenoxy) is 1. The van der Waals surface area contributed by atoms with Crippen LogP contribution in [0.1, 0.15) is 6.92 Å². The van der Waals surface area contributed by atoms with E-state index in [2.05, 4.69) is 0 Å². The van der Waals surface area contributed by atoms with Crippen LogP contribution < -0.4 is 15.6 Å². The molecule has 0 aliphatic rings. The molecule has 2 aromatic carbocycles. The molecule has 0 bridgehead atoms. The van der Waals surface area contributed by atoms with Crippen molar-refractivity contribution in [2.24, 2.45) is 0 Å². The van der Waals surface area contributed by atoms with E-state index in [0.717, 1.165) is 5.75 Å². The average molecular weight is 237 g/mol. The van der Waals surface area contributed by atoms with Crippen molar-refractivity contribution >= 4 is 11.6 Å². The zero-order valence-corrected chi connectivity index (χ0v) is 9.38. The summed E-state index contributed by atoms with van der Waals surface area (Å²) >= 11 is 5.67. The highest BCUT2D eigenvalue weighted by molar-refractivity contribution is 6.34. The number of benzene rings is 1. The second kappa shape index (κ2) is 4.10. The first-order chi connectivity index (χ1) is 7.65. The Hall–Kier alpha value is -1.61. The van der Waals surface area contributed by atoms with Crippen LogP contribution in [0.4, 0.5) is 0 Å². The smallest absolute Gasteiger partial charge is 0.245 e. The van der Waals surface area contributed by atoms with Crippen molar-refractivity contribution in [1.82, 2.24) is 0 Å². The maximum absolute atomic E-state index is 11.3. The Labute approximate surface area is 96.9 Å². The molecule has 0 atom stereocenters. The molecule has 3 nitrogen and oxygen atoms in total. The molecule has 0 saturated heterocycles. The molecule has 82 valence electrons. The maximum Gasteiger partial charge on any atom is 0.245 e. The second-order valence-corrected chi connectivity index (χ2v) is 3.68. The van der Waals surface area contributed by atoms with Gasteiger partial charge < -0.3 is 4.74 Å². The first kappa shape index (κ1) is 10.9. The Morgan fingerprint density at radius 2 is 1.75 bits per heavy atom. The van der Waals surface area contributed by atoms with Crippen LogP contribution in [0.15, 0.2) is 33.9 Å². The van der Waals surface area contributed by atoms with Gasteiger partial charge in [-0.25, -0.2) is 0 Å². The van der Waals surface area contributed by atoms with Gasteiger partial charge in [0.2, 0.25) is 10.9 Å². The van der Waals surface area contributed by atoms with Crippen LogP contribution in [0.5, 0.6) is 5.75 Å². The molecular formula is C12H9ClO3. The third-order valence-electron chi connectivity index (χ3n) is 2.31. The van der Waals surface area contributed by atoms with Crippen molar-refractivity contribution < 1.29 is 4.74 Å². The Bertz CT molecular complexity index is 577. The standard InChI is InChI=1S/C12H9ClO3/c1-2-16-8-5-3-7(4-6-8)9-10(13)12(15)11(9)14/h3-6H,2H2,1H3. The van der Waals surface area contributed by atoms with E-state index in [1.165, 1.54) is 0 Å². The minimum absolute atomic E-state index is 0.0224. The molecule has 0 unspecified atom stereocenters. The lowest BCUT2D eigenvalue weighted by Gasteiger charge is -2.07. The number of hydrogen-bond donors (Lipinski definition) is 0. The fraction of sp³-hybridized carbons (Fsp3) is 0.167. The lowest BCUT2D eigenvalue weighted by atomic mass is 10.0. The van der Waals surface area contributed by atoms with E-state index in [1.807, 2.05) is 6.92 Å². The van der Waals surface area contributed by atoms with Gasteiger partial charge in [-0.3, -0.25) is 9.59 Å². The highest BCUT2D eigenvalue weighted by Crippen LogP contribution is 2.25. The van der Waals surface area contributed by atoms with E-state index < -0.39 is 10.9 Å². The van der Waals surface area contributed by atoms with Crippen LogP contribution in [0.25, 0.3) is 11.1 Å². The number of halogens is 1. The topological polar surface area (TPSA) is 43.4 Å². The lowest BCUT2D eigenvalue weighted by molar-refractivity contribution is 0.340. The van der Waals surface area contributed by atoms with Crippen molar-refractivity contribution in [3.05, 3.63) is 49.7 Å². The largest absolute Gasteiger partial charge is 0.494 e. The van der Waals surface area contributed by atoms with Crippen LogP contribution >= 0.6 is 11.6 Å². The van der Waals surface area contributed by atoms with Gasteiger partial charge in [0.15, 0.2) is 0 Å². The Balaban J connectivity index is 2.37. The van der Waals surface area contributed by atoms with E-state index >= 15 is 0 Å². The van der Waals surface area contributed by atoms with Gasteiger partial charge in [0.1, 0.15) is 10.8 Å². The summed E-state index contributed by atoms with van der Waals surface area (Å²) in [6.07, 6.45) is 0. The monoisotopic (exact) mass is 236 g/mol. The van der Waals surface area contributed by atoms with Gasteiger partial charge in [-0.05, 0) is 24.6 Å². The molecule has 2 rings (SSSR count). The molecule has 0 amide bonds. The van der Waals surface area contributed by atoms with Crippen molar-refractivity contribution in [1.29, 1.82) is 0 Å². The normalized spacial score (nSPS) is 10.6. The fourth-order valence-electron chi connectivity index (χ4n) is 1.51. The van der Waals surface area contributed by atoms with Gasteiger partial charge >= 0.3 is 0 Å². The van der Waals surface area contributed by atoms with Crippen molar-refractivity contribution in [2.75, 3.05) is 6.61 Å². The summed E-state index contributed by atoms with van der Waals surface area (Å²) in [7, 11) is 0. The molecule has 0 fully saturated rings. The molecule has 0 N–H and O–H groups in total. The summed E-state index contributed by atoms with van der Waals surface area (Å²) in [4.78, 5) is 22.2. The molecular weight excluding hydrogens is 228 g/mol. The summed E-state index contributed by atoms with van der Waals surface area (Å²) in [6.45, 7) is 2.47. The predicted molar refractivity (Wildman–Crippen MR) is 63.0 cm³/mol. The Morgan fingerprint density at radius 1 is 1.12 bits per heavy atom. The van der Waals surface area contributed by atoms with E-state index in [0.29, 0.717) is 17.7 Å². The van der Waals surface area contributed by atoms with E-state index in [-0.39, 0.29) is 5.02 Å². The fourth-order valence-corrected chi connectivity index (χ4v) is 1.79. The van der Waals surface area contributed by atoms with Gasteiger partial charge in [0, 0.05) is 0 Å². The molecule has 0 heterocycles. The summed E-state index contributed by atoms with van der Waals surface area (Å²) in [5.41, 5.74) is -0.174. The van der Waals surface area contributed by atoms with E-state index in [4.69, 9.17) is 16.3 Å². The first-order valence-electron chi connectivity index (χ1n) is 4.87. The van der Waals surface area contributed by atoms with Gasteiger partial charge in [0.25, 0.3) is 0 Å². The first-order valence-corrected chi connectivity index (χ1v) is 5.25. The molecule has 0 aromatic heterocycles. The maximum atomic E-state index is 11.3. The van der Waals surface area contributed by atoms with Crippen LogP contribution in [0, 0.1) is 0 Å². The highest BCUT2D eigenvalue weighted by atomic mass is 35.5. The Morgan fingerprint density at radius 3 is 2.25 bits per heavy atom. The van der Waals surface area contributed by atoms with Crippen molar-refractivity contribution in [3.8, 4) is 16.9 Å². The van der Waals surface area contributed by atoms with Crippen molar-refractivity contribution in [2.45, 2.75) is 6.92 Å². The van der Waals surface area contributed by atoms with Gasteiger partial charge in [0.05, 0.1) is 12.2 Å². The third-order valence-corrected chi connectivity index (χ3v) is 2.67. The number of rotatable bonds is 3. The minimum atomic E-state index is -0.606. The lowest BCUT2D eigenvalue weighted by Crippen LogP contribution is -2.33. The molecule has 0 aliphatic heterocycles. The van der Waals surface area contributed by atoms with E-state index in [9.17, 15) is 9.59 Å². The van der Waals surface area contributed by atoms with Crippen LogP contribution in [-0.2, 0) is 0 Å². The zero-order valence-electron chi connectivity index (χ0n) is 8.62. The second-order valence-electron chi connectivity index (χ2n) is 3.30. The molecule has 0 saturated carbocycles. The highest BCUT2D eigenvalue weighted by Gasteiger charge is 2.19. The SMILES string of the molecule is CCOc1ccc(-c2c(Cl)c(=O)c2=O)cc1. The quantitative estimate of drug-likeness (QED) is 0.766. The molecule has 0 spiro atoms. The van der Waals surface area contributed by atoms with Crippen LogP contribution in [0.2, 0.25) is 5.02 Å². The van der Waals surface area contributed by atoms with Gasteiger partial charge in [-0.1, -0.05) is 23.7 Å². The summed E-state index contributed by atoms with van der Waals surface area (Å²) in [6, 6.07) is 6.91. The van der Waals surface area contributed by atoms with Gasteiger partial charge in [-0.15, -0.1) is 0 Å². The minimum Gasteiger partial charge on any atom is -0.494 e. The predicted octanol–water partition coefficient (Wildman–Crippen LogP) is 2.00. The van der Waals surface area contributed by atoms with Crippen LogP contribution in [0.3, 0.4) is 0 Å². The van der Waals surface area contributed by atoms with Gasteiger partial charge in [-0.2, -0.15) is 0 Å². The average Bonchev–Trinajstić information content (AvgIpc) is 2.31. The summed E-state index contributed by atoms with van der Waals surface area (Å²) in [5, 5.41) is 0.0224. The summed E-state index contributed by atoms with van der Waals surface area (Å²) < 4.78 is 5.27. The number of hydrogen-bond acceptors (Lipinski definition) is 3. The third kappa shape index (κ3) is 1.63. The molecule has 0 aliphatic carbocycles. The zero-order chi connectivity index (χ0) is 11.7. The Kier molecular flexibility index (Phi) is 2.79.